The van der Waals surface area contributed by atoms with Gasteiger partial charge < -0.3 is 0 Å². The molecule has 0 aliphatic rings. The molecule has 1 aromatic rings. The van der Waals surface area contributed by atoms with Gasteiger partial charge in [0.05, 0.1) is 5.02 Å². The number of pyridine rings is 1. The fraction of sp³-hybridized carbons (Fsp3) is 0.562. The second-order valence-electron chi connectivity index (χ2n) is 4.90. The molecule has 0 saturated heterocycles. The van der Waals surface area contributed by atoms with Crippen molar-refractivity contribution in [1.82, 2.24) is 4.98 Å². The second kappa shape index (κ2) is 8.65. The first-order valence-corrected chi connectivity index (χ1v) is 8.24. The second-order valence-corrected chi connectivity index (χ2v) is 6.57. The first-order valence-electron chi connectivity index (χ1n) is 7.05. The highest BCUT2D eigenvalue weighted by Gasteiger charge is 2.11. The van der Waals surface area contributed by atoms with Gasteiger partial charge in [0, 0.05) is 6.20 Å². The van der Waals surface area contributed by atoms with Gasteiger partial charge in [0.2, 0.25) is 0 Å². The number of rotatable bonds is 7. The van der Waals surface area contributed by atoms with Gasteiger partial charge in [0.1, 0.15) is 5.03 Å². The summed E-state index contributed by atoms with van der Waals surface area (Å²) in [5, 5.41) is 1.71. The number of hydrogen-bond donors (Lipinski definition) is 0. The summed E-state index contributed by atoms with van der Waals surface area (Å²) < 4.78 is 0. The van der Waals surface area contributed by atoms with Crippen molar-refractivity contribution in [2.24, 2.45) is 5.92 Å². The average Bonchev–Trinajstić information content (AvgIpc) is 2.42. The van der Waals surface area contributed by atoms with Gasteiger partial charge in [-0.3, -0.25) is 0 Å². The van der Waals surface area contributed by atoms with E-state index in [2.05, 4.69) is 32.7 Å². The van der Waals surface area contributed by atoms with Crippen LogP contribution in [0.15, 0.2) is 33.8 Å². The SMILES string of the molecule is CCCCC(CC)/C(C)=C(/C)Sc1ccc(Cl)cn1. The third-order valence-corrected chi connectivity index (χ3v) is 4.83. The molecule has 106 valence electrons. The number of nitrogens with zero attached hydrogens (tertiary/aromatic N) is 1. The van der Waals surface area contributed by atoms with Gasteiger partial charge in [-0.15, -0.1) is 0 Å². The van der Waals surface area contributed by atoms with E-state index in [1.54, 1.807) is 18.0 Å². The van der Waals surface area contributed by atoms with Crippen molar-refractivity contribution in [3.8, 4) is 0 Å². The quantitative estimate of drug-likeness (QED) is 0.545. The molecule has 0 aliphatic heterocycles. The highest BCUT2D eigenvalue weighted by molar-refractivity contribution is 8.03. The van der Waals surface area contributed by atoms with Crippen LogP contribution >= 0.6 is 23.4 Å². The highest BCUT2D eigenvalue weighted by atomic mass is 35.5. The fourth-order valence-corrected chi connectivity index (χ4v) is 3.12. The summed E-state index contributed by atoms with van der Waals surface area (Å²) in [4.78, 5) is 5.72. The van der Waals surface area contributed by atoms with E-state index in [-0.39, 0.29) is 0 Å². The van der Waals surface area contributed by atoms with Gasteiger partial charge in [-0.05, 0) is 49.6 Å². The molecule has 1 aromatic heterocycles. The van der Waals surface area contributed by atoms with E-state index in [0.29, 0.717) is 10.9 Å². The molecule has 1 rings (SSSR count). The Labute approximate surface area is 126 Å². The number of thioether (sulfide) groups is 1. The van der Waals surface area contributed by atoms with E-state index in [9.17, 15) is 0 Å². The molecule has 0 radical (unpaired) electrons. The normalized spacial score (nSPS) is 14.2. The molecule has 1 nitrogen and oxygen atoms in total. The molecule has 0 spiro atoms. The van der Waals surface area contributed by atoms with Crippen LogP contribution in [0.4, 0.5) is 0 Å². The van der Waals surface area contributed by atoms with Crippen molar-refractivity contribution in [2.45, 2.75) is 58.4 Å². The molecule has 1 unspecified atom stereocenters. The van der Waals surface area contributed by atoms with Crippen LogP contribution in [-0.4, -0.2) is 4.98 Å². The van der Waals surface area contributed by atoms with Crippen LogP contribution in [-0.2, 0) is 0 Å². The lowest BCUT2D eigenvalue weighted by atomic mass is 9.92. The maximum Gasteiger partial charge on any atom is 0.100 e. The minimum Gasteiger partial charge on any atom is -0.248 e. The van der Waals surface area contributed by atoms with Gasteiger partial charge in [-0.1, -0.05) is 55.6 Å². The number of halogens is 1. The summed E-state index contributed by atoms with van der Waals surface area (Å²) >= 11 is 7.60. The van der Waals surface area contributed by atoms with Crippen molar-refractivity contribution in [3.63, 3.8) is 0 Å². The first kappa shape index (κ1) is 16.6. The molecular weight excluding hydrogens is 274 g/mol. The Morgan fingerprint density at radius 1 is 1.32 bits per heavy atom. The standard InChI is InChI=1S/C16H24ClNS/c1-5-7-8-14(6-2)12(3)13(4)19-16-10-9-15(17)11-18-16/h9-11,14H,5-8H2,1-4H3/b13-12-. The maximum absolute atomic E-state index is 5.86. The van der Waals surface area contributed by atoms with Crippen molar-refractivity contribution in [1.29, 1.82) is 0 Å². The lowest BCUT2D eigenvalue weighted by Crippen LogP contribution is -2.02. The third-order valence-electron chi connectivity index (χ3n) is 3.52. The molecule has 0 amide bonds. The number of aromatic nitrogens is 1. The lowest BCUT2D eigenvalue weighted by Gasteiger charge is -2.18. The summed E-state index contributed by atoms with van der Waals surface area (Å²) in [6.45, 7) is 9.00. The largest absolute Gasteiger partial charge is 0.248 e. The zero-order valence-electron chi connectivity index (χ0n) is 12.4. The van der Waals surface area contributed by atoms with Gasteiger partial charge in [0.15, 0.2) is 0 Å². The molecule has 3 heteroatoms. The smallest absolute Gasteiger partial charge is 0.100 e. The van der Waals surface area contributed by atoms with E-state index >= 15 is 0 Å². The predicted octanol–water partition coefficient (Wildman–Crippen LogP) is 6.34. The van der Waals surface area contributed by atoms with Crippen LogP contribution in [0, 0.1) is 5.92 Å². The van der Waals surface area contributed by atoms with Crippen LogP contribution in [0.2, 0.25) is 5.02 Å². The van der Waals surface area contributed by atoms with Crippen molar-refractivity contribution in [2.75, 3.05) is 0 Å². The zero-order chi connectivity index (χ0) is 14.3. The highest BCUT2D eigenvalue weighted by Crippen LogP contribution is 2.33. The first-order chi connectivity index (χ1) is 9.08. The molecule has 0 N–H and O–H groups in total. The number of allylic oxidation sites excluding steroid dienone is 2. The Kier molecular flexibility index (Phi) is 7.55. The molecule has 0 fully saturated rings. The molecule has 0 bridgehead atoms. The van der Waals surface area contributed by atoms with Crippen molar-refractivity contribution >= 4 is 23.4 Å². The molecule has 19 heavy (non-hydrogen) atoms. The summed E-state index contributed by atoms with van der Waals surface area (Å²) in [5.41, 5.74) is 1.51. The summed E-state index contributed by atoms with van der Waals surface area (Å²) in [7, 11) is 0. The summed E-state index contributed by atoms with van der Waals surface area (Å²) in [6, 6.07) is 3.88. The summed E-state index contributed by atoms with van der Waals surface area (Å²) in [5.74, 6) is 0.708. The molecule has 1 atom stereocenters. The monoisotopic (exact) mass is 297 g/mol. The third kappa shape index (κ3) is 5.58. The fourth-order valence-electron chi connectivity index (χ4n) is 2.12. The van der Waals surface area contributed by atoms with Gasteiger partial charge in [-0.2, -0.15) is 0 Å². The van der Waals surface area contributed by atoms with Crippen LogP contribution in [0.25, 0.3) is 0 Å². The van der Waals surface area contributed by atoms with Crippen LogP contribution in [0.3, 0.4) is 0 Å². The minimum absolute atomic E-state index is 0.692. The number of unbranched alkanes of at least 4 members (excludes halogenated alkanes) is 1. The van der Waals surface area contributed by atoms with Gasteiger partial charge >= 0.3 is 0 Å². The Morgan fingerprint density at radius 3 is 2.58 bits per heavy atom. The Morgan fingerprint density at radius 2 is 2.05 bits per heavy atom. The molecule has 0 aromatic carbocycles. The van der Waals surface area contributed by atoms with Crippen LogP contribution in [0.5, 0.6) is 0 Å². The predicted molar refractivity (Wildman–Crippen MR) is 86.8 cm³/mol. The minimum atomic E-state index is 0.692. The molecule has 1 heterocycles. The topological polar surface area (TPSA) is 12.9 Å². The average molecular weight is 298 g/mol. The van der Waals surface area contributed by atoms with E-state index in [1.165, 1.54) is 36.2 Å². The Bertz CT molecular complexity index is 411. The van der Waals surface area contributed by atoms with E-state index < -0.39 is 0 Å². The van der Waals surface area contributed by atoms with Gasteiger partial charge in [-0.25, -0.2) is 4.98 Å². The van der Waals surface area contributed by atoms with Crippen molar-refractivity contribution < 1.29 is 0 Å². The molecule has 0 saturated carbocycles. The van der Waals surface area contributed by atoms with Crippen LogP contribution < -0.4 is 0 Å². The van der Waals surface area contributed by atoms with E-state index in [1.807, 2.05) is 12.1 Å². The molecule has 0 aliphatic carbocycles. The van der Waals surface area contributed by atoms with Gasteiger partial charge in [0.25, 0.3) is 0 Å². The number of hydrogen-bond acceptors (Lipinski definition) is 2. The van der Waals surface area contributed by atoms with Crippen molar-refractivity contribution in [3.05, 3.63) is 33.8 Å². The Hall–Kier alpha value is -0.470. The maximum atomic E-state index is 5.86. The Balaban J connectivity index is 2.73. The van der Waals surface area contributed by atoms with E-state index in [4.69, 9.17) is 11.6 Å². The van der Waals surface area contributed by atoms with E-state index in [0.717, 1.165) is 5.03 Å². The molecular formula is C16H24ClNS. The summed E-state index contributed by atoms with van der Waals surface area (Å²) in [6.07, 6.45) is 6.81. The van der Waals surface area contributed by atoms with Crippen LogP contribution in [0.1, 0.15) is 53.4 Å². The lowest BCUT2D eigenvalue weighted by molar-refractivity contribution is 0.513. The zero-order valence-corrected chi connectivity index (χ0v) is 13.9.